The Morgan fingerprint density at radius 3 is 2.85 bits per heavy atom. The van der Waals surface area contributed by atoms with Crippen LogP contribution in [0.3, 0.4) is 0 Å². The van der Waals surface area contributed by atoms with Crippen LogP contribution in [0.15, 0.2) is 24.4 Å². The molecule has 2 rings (SSSR count). The van der Waals surface area contributed by atoms with Crippen molar-refractivity contribution in [3.63, 3.8) is 0 Å². The van der Waals surface area contributed by atoms with Gasteiger partial charge < -0.3 is 10.2 Å². The van der Waals surface area contributed by atoms with Crippen molar-refractivity contribution in [3.05, 3.63) is 30.1 Å². The van der Waals surface area contributed by atoms with E-state index in [0.29, 0.717) is 0 Å². The Labute approximate surface area is 123 Å². The smallest absolute Gasteiger partial charge is 0.0416 e. The van der Waals surface area contributed by atoms with E-state index in [9.17, 15) is 0 Å². The molecule has 20 heavy (non-hydrogen) atoms. The van der Waals surface area contributed by atoms with E-state index < -0.39 is 0 Å². The maximum Gasteiger partial charge on any atom is 0.0416 e. The fourth-order valence-corrected chi connectivity index (χ4v) is 3.02. The molecule has 0 aliphatic heterocycles. The lowest BCUT2D eigenvalue weighted by atomic mass is 9.86. The van der Waals surface area contributed by atoms with E-state index in [-0.39, 0.29) is 0 Å². The van der Waals surface area contributed by atoms with Crippen LogP contribution in [0.4, 0.5) is 0 Å². The molecule has 1 heterocycles. The van der Waals surface area contributed by atoms with Crippen molar-refractivity contribution in [3.8, 4) is 0 Å². The highest BCUT2D eigenvalue weighted by atomic mass is 15.1. The van der Waals surface area contributed by atoms with Gasteiger partial charge in [0.15, 0.2) is 0 Å². The molecule has 3 heteroatoms. The Bertz CT molecular complexity index is 366. The highest BCUT2D eigenvalue weighted by Gasteiger charge is 2.20. The average Bonchev–Trinajstić information content (AvgIpc) is 2.48. The molecule has 1 saturated carbocycles. The average molecular weight is 275 g/mol. The Morgan fingerprint density at radius 1 is 1.25 bits per heavy atom. The minimum Gasteiger partial charge on any atom is -0.312 e. The molecule has 0 saturated heterocycles. The largest absolute Gasteiger partial charge is 0.312 e. The quantitative estimate of drug-likeness (QED) is 0.829. The predicted octanol–water partition coefficient (Wildman–Crippen LogP) is 2.72. The molecule has 112 valence electrons. The number of hydrogen-bond donors (Lipinski definition) is 1. The maximum absolute atomic E-state index is 4.37. The van der Waals surface area contributed by atoms with Crippen LogP contribution in [0.2, 0.25) is 0 Å². The summed E-state index contributed by atoms with van der Waals surface area (Å²) in [5, 5.41) is 3.74. The molecule has 0 spiro atoms. The Hall–Kier alpha value is -0.930. The highest BCUT2D eigenvalue weighted by Crippen LogP contribution is 2.23. The van der Waals surface area contributed by atoms with E-state index in [2.05, 4.69) is 41.3 Å². The zero-order valence-electron chi connectivity index (χ0n) is 13.0. The van der Waals surface area contributed by atoms with Crippen molar-refractivity contribution < 1.29 is 0 Å². The topological polar surface area (TPSA) is 28.2 Å². The first-order chi connectivity index (χ1) is 9.75. The van der Waals surface area contributed by atoms with Gasteiger partial charge in [-0.25, -0.2) is 0 Å². The van der Waals surface area contributed by atoms with E-state index in [1.54, 1.807) is 0 Å². The van der Waals surface area contributed by atoms with Gasteiger partial charge in [0, 0.05) is 44.0 Å². The zero-order chi connectivity index (χ0) is 14.2. The minimum absolute atomic E-state index is 0.743. The molecule has 1 aliphatic carbocycles. The van der Waals surface area contributed by atoms with Gasteiger partial charge in [0.1, 0.15) is 0 Å². The predicted molar refractivity (Wildman–Crippen MR) is 84.9 cm³/mol. The molecule has 1 aliphatic rings. The third kappa shape index (κ3) is 5.22. The van der Waals surface area contributed by atoms with Crippen molar-refractivity contribution in [2.75, 3.05) is 26.7 Å². The second kappa shape index (κ2) is 8.38. The summed E-state index contributed by atoms with van der Waals surface area (Å²) in [6.07, 6.45) is 8.49. The first-order valence-electron chi connectivity index (χ1n) is 8.07. The number of aromatic nitrogens is 1. The Morgan fingerprint density at radius 2 is 2.10 bits per heavy atom. The standard InChI is InChI=1S/C17H29N3/c1-15-7-3-4-9-17(15)19-12-14-20(2)13-10-16-8-5-6-11-18-16/h5-6,8,11,15,17,19H,3-4,7,9-10,12-14H2,1-2H3. The summed E-state index contributed by atoms with van der Waals surface area (Å²) in [6.45, 7) is 5.70. The molecule has 0 amide bonds. The molecule has 1 N–H and O–H groups in total. The number of pyridine rings is 1. The number of nitrogens with zero attached hydrogens (tertiary/aromatic N) is 2. The van der Waals surface area contributed by atoms with Gasteiger partial charge >= 0.3 is 0 Å². The van der Waals surface area contributed by atoms with E-state index in [0.717, 1.165) is 38.0 Å². The summed E-state index contributed by atoms with van der Waals surface area (Å²) in [4.78, 5) is 6.77. The van der Waals surface area contributed by atoms with Crippen LogP contribution in [-0.2, 0) is 6.42 Å². The van der Waals surface area contributed by atoms with Gasteiger partial charge in [-0.2, -0.15) is 0 Å². The lowest BCUT2D eigenvalue weighted by Crippen LogP contribution is -2.41. The van der Waals surface area contributed by atoms with Crippen LogP contribution in [0, 0.1) is 5.92 Å². The second-order valence-electron chi connectivity index (χ2n) is 6.20. The summed E-state index contributed by atoms with van der Waals surface area (Å²) in [6, 6.07) is 6.89. The van der Waals surface area contributed by atoms with Gasteiger partial charge in [0.2, 0.25) is 0 Å². The SMILES string of the molecule is CC1CCCCC1NCCN(C)CCc1ccccn1. The van der Waals surface area contributed by atoms with Gasteiger partial charge in [-0.1, -0.05) is 25.8 Å². The summed E-state index contributed by atoms with van der Waals surface area (Å²) in [7, 11) is 2.20. The highest BCUT2D eigenvalue weighted by molar-refractivity contribution is 5.03. The Balaban J connectivity index is 1.59. The van der Waals surface area contributed by atoms with Crippen molar-refractivity contribution >= 4 is 0 Å². The van der Waals surface area contributed by atoms with Crippen molar-refractivity contribution in [2.24, 2.45) is 5.92 Å². The third-order valence-electron chi connectivity index (χ3n) is 4.49. The summed E-state index contributed by atoms with van der Waals surface area (Å²) >= 11 is 0. The van der Waals surface area contributed by atoms with Gasteiger partial charge in [-0.05, 0) is 37.9 Å². The van der Waals surface area contributed by atoms with Crippen molar-refractivity contribution in [1.82, 2.24) is 15.2 Å². The molecular formula is C17H29N3. The Kier molecular flexibility index (Phi) is 6.48. The van der Waals surface area contributed by atoms with Gasteiger partial charge in [0.25, 0.3) is 0 Å². The van der Waals surface area contributed by atoms with E-state index in [1.807, 2.05) is 12.3 Å². The van der Waals surface area contributed by atoms with Crippen LogP contribution < -0.4 is 5.32 Å². The van der Waals surface area contributed by atoms with Crippen LogP contribution in [0.25, 0.3) is 0 Å². The number of hydrogen-bond acceptors (Lipinski definition) is 3. The molecule has 3 nitrogen and oxygen atoms in total. The van der Waals surface area contributed by atoms with Gasteiger partial charge in [-0.3, -0.25) is 4.98 Å². The summed E-state index contributed by atoms with van der Waals surface area (Å²) < 4.78 is 0. The lowest BCUT2D eigenvalue weighted by Gasteiger charge is -2.30. The van der Waals surface area contributed by atoms with Crippen molar-refractivity contribution in [1.29, 1.82) is 0 Å². The number of rotatable bonds is 7. The summed E-state index contributed by atoms with van der Waals surface area (Å²) in [5.74, 6) is 0.850. The fourth-order valence-electron chi connectivity index (χ4n) is 3.02. The molecule has 0 radical (unpaired) electrons. The van der Waals surface area contributed by atoms with Crippen LogP contribution in [0.1, 0.15) is 38.3 Å². The normalized spacial score (nSPS) is 23.1. The number of nitrogens with one attached hydrogen (secondary N) is 1. The van der Waals surface area contributed by atoms with E-state index in [1.165, 1.54) is 31.4 Å². The number of likely N-dealkylation sites (N-methyl/N-ethyl adjacent to an activating group) is 1. The molecule has 1 fully saturated rings. The molecule has 0 bridgehead atoms. The molecule has 0 aromatic carbocycles. The van der Waals surface area contributed by atoms with Crippen LogP contribution in [0.5, 0.6) is 0 Å². The monoisotopic (exact) mass is 275 g/mol. The summed E-state index contributed by atoms with van der Waals surface area (Å²) in [5.41, 5.74) is 1.19. The van der Waals surface area contributed by atoms with Crippen molar-refractivity contribution in [2.45, 2.75) is 45.1 Å². The first kappa shape index (κ1) is 15.5. The second-order valence-corrected chi connectivity index (χ2v) is 6.20. The van der Waals surface area contributed by atoms with E-state index in [4.69, 9.17) is 0 Å². The maximum atomic E-state index is 4.37. The first-order valence-corrected chi connectivity index (χ1v) is 8.07. The molecular weight excluding hydrogens is 246 g/mol. The fraction of sp³-hybridized carbons (Fsp3) is 0.706. The lowest BCUT2D eigenvalue weighted by molar-refractivity contribution is 0.261. The molecule has 1 aromatic heterocycles. The molecule has 1 aromatic rings. The minimum atomic E-state index is 0.743. The third-order valence-corrected chi connectivity index (χ3v) is 4.49. The van der Waals surface area contributed by atoms with Crippen LogP contribution in [-0.4, -0.2) is 42.6 Å². The van der Waals surface area contributed by atoms with Gasteiger partial charge in [-0.15, -0.1) is 0 Å². The zero-order valence-corrected chi connectivity index (χ0v) is 13.0. The van der Waals surface area contributed by atoms with Gasteiger partial charge in [0.05, 0.1) is 0 Å². The van der Waals surface area contributed by atoms with E-state index >= 15 is 0 Å². The molecule has 2 unspecified atom stereocenters. The molecule has 2 atom stereocenters. The van der Waals surface area contributed by atoms with Crippen LogP contribution >= 0.6 is 0 Å².